The van der Waals surface area contributed by atoms with Gasteiger partial charge in [-0.05, 0) is 41.8 Å². The maximum absolute atomic E-state index is 14.2. The molecule has 1 heterocycles. The number of alkyl halides is 24. The molecular weight excluding hydrogens is 1080 g/mol. The van der Waals surface area contributed by atoms with Gasteiger partial charge in [-0.25, -0.2) is 8.96 Å². The van der Waals surface area contributed by atoms with Crippen LogP contribution < -0.4 is 26.4 Å². The number of pyridine rings is 1. The van der Waals surface area contributed by atoms with E-state index in [0.29, 0.717) is 0 Å². The molecule has 7 aromatic rings. The summed E-state index contributed by atoms with van der Waals surface area (Å²) in [6.45, 7) is 0.799. The molecule has 0 saturated carbocycles. The minimum atomic E-state index is -6.13. The van der Waals surface area contributed by atoms with Crippen molar-refractivity contribution >= 4 is 38.8 Å². The van der Waals surface area contributed by atoms with E-state index in [-0.39, 0.29) is 5.82 Å². The Morgan fingerprint density at radius 2 is 0.587 bits per heavy atom. The Balaban J connectivity index is 0.000000421. The third-order valence-corrected chi connectivity index (χ3v) is 11.4. The lowest BCUT2D eigenvalue weighted by Crippen LogP contribution is -2.75. The van der Waals surface area contributed by atoms with E-state index in [9.17, 15) is 110 Å². The second-order valence-electron chi connectivity index (χ2n) is 16.6. The molecule has 0 saturated heterocycles. The van der Waals surface area contributed by atoms with Crippen molar-refractivity contribution in [3.8, 4) is 0 Å². The number of halogens is 25. The maximum Gasteiger partial charge on any atom is 0.416 e. The summed E-state index contributed by atoms with van der Waals surface area (Å²) in [5, 5.41) is 1.98. The van der Waals surface area contributed by atoms with E-state index >= 15 is 0 Å². The molecule has 0 amide bonds. The lowest BCUT2D eigenvalue weighted by atomic mass is 9.12. The predicted octanol–water partition coefficient (Wildman–Crippen LogP) is 14.5. The van der Waals surface area contributed by atoms with E-state index in [0.717, 1.165) is 17.3 Å². The number of aromatic nitrogens is 1. The molecule has 6 aromatic carbocycles. The number of hydrogen-bond acceptors (Lipinski definition) is 0. The van der Waals surface area contributed by atoms with Gasteiger partial charge in [0.15, 0.2) is 18.9 Å². The van der Waals surface area contributed by atoms with Crippen LogP contribution in [0.3, 0.4) is 0 Å². The predicted molar refractivity (Wildman–Crippen MR) is 220 cm³/mol. The summed E-state index contributed by atoms with van der Waals surface area (Å²) in [5.41, 5.74) is -29.0. The molecule has 0 aliphatic carbocycles. The molecular formula is C48H25BF25N. The molecule has 0 aliphatic heterocycles. The summed E-state index contributed by atoms with van der Waals surface area (Å²) in [7, 11) is 0. The van der Waals surface area contributed by atoms with E-state index in [4.69, 9.17) is 0 Å². The van der Waals surface area contributed by atoms with Crippen molar-refractivity contribution in [1.29, 1.82) is 0 Å². The van der Waals surface area contributed by atoms with E-state index in [1.54, 1.807) is 12.1 Å². The summed E-state index contributed by atoms with van der Waals surface area (Å²) in [6, 6.07) is 8.29. The average molecular weight is 1100 g/mol. The molecule has 0 bridgehead atoms. The van der Waals surface area contributed by atoms with Gasteiger partial charge in [-0.15, -0.1) is 0 Å². The molecule has 75 heavy (non-hydrogen) atoms. The van der Waals surface area contributed by atoms with Gasteiger partial charge in [-0.3, -0.25) is 0 Å². The Bertz CT molecular complexity index is 2750. The van der Waals surface area contributed by atoms with Crippen LogP contribution in [-0.2, 0) is 56.0 Å². The third-order valence-electron chi connectivity index (χ3n) is 11.4. The molecule has 27 heteroatoms. The highest BCUT2D eigenvalue weighted by atomic mass is 19.4. The van der Waals surface area contributed by atoms with Gasteiger partial charge >= 0.3 is 49.4 Å². The summed E-state index contributed by atoms with van der Waals surface area (Å²) in [5.74, 6) is -0.194. The van der Waals surface area contributed by atoms with Gasteiger partial charge in [0.2, 0.25) is 0 Å². The largest absolute Gasteiger partial charge is 0.416 e. The van der Waals surface area contributed by atoms with Crippen molar-refractivity contribution in [2.24, 2.45) is 0 Å². The van der Waals surface area contributed by atoms with Gasteiger partial charge in [0, 0.05) is 17.0 Å². The van der Waals surface area contributed by atoms with Crippen molar-refractivity contribution in [3.63, 3.8) is 0 Å². The van der Waals surface area contributed by atoms with Crippen LogP contribution in [-0.4, -0.2) is 6.15 Å². The summed E-state index contributed by atoms with van der Waals surface area (Å²) < 4.78 is 356. The first kappa shape index (κ1) is 57.3. The highest BCUT2D eigenvalue weighted by Gasteiger charge is 2.47. The molecule has 0 N–H and O–H groups in total. The number of fused-ring (bicyclic) bond motifs is 1. The minimum absolute atomic E-state index is 0.194. The molecule has 0 aliphatic rings. The second kappa shape index (κ2) is 19.6. The van der Waals surface area contributed by atoms with E-state index in [2.05, 4.69) is 16.7 Å². The quantitative estimate of drug-likeness (QED) is 0.0888. The molecule has 7 rings (SSSR count). The summed E-state index contributed by atoms with van der Waals surface area (Å²) >= 11 is 0. The Kier molecular flexibility index (Phi) is 15.0. The van der Waals surface area contributed by atoms with E-state index in [1.165, 1.54) is 11.6 Å². The minimum Gasteiger partial charge on any atom is -0.207 e. The van der Waals surface area contributed by atoms with Gasteiger partial charge in [0.25, 0.3) is 0 Å². The van der Waals surface area contributed by atoms with Crippen molar-refractivity contribution in [2.45, 2.75) is 56.0 Å². The Morgan fingerprint density at radius 3 is 0.853 bits per heavy atom. The van der Waals surface area contributed by atoms with Crippen LogP contribution in [0.1, 0.15) is 50.1 Å². The van der Waals surface area contributed by atoms with Gasteiger partial charge in [-0.2, -0.15) is 127 Å². The van der Waals surface area contributed by atoms with Gasteiger partial charge < -0.3 is 0 Å². The fourth-order valence-electron chi connectivity index (χ4n) is 8.17. The molecule has 0 spiro atoms. The van der Waals surface area contributed by atoms with Gasteiger partial charge in [0.05, 0.1) is 44.5 Å². The normalized spacial score (nSPS) is 13.5. The SMILES string of the molecule is FC(F)(F)c1cc([B-](c2cc(C(F)(F)F)cc(C(F)(F)F)c2)(c2cc(C(F)(F)F)cc(C(F)(F)F)c2)c2cc(C(F)(F)F)cc(C(F)(F)F)c2)cc(C(F)(F)F)c1.Fc1ccc2cc[n+](Cc3ccccc3)cc2c1. The zero-order chi connectivity index (χ0) is 56.3. The standard InChI is InChI=1S/C32H12BF24.C16H13FN/c34-25(35,36)13-1-14(26(37,38)39)6-21(5-13)33(22-7-15(27(40,41)42)2-16(8-22)28(43,44)45,23-9-17(29(46,47)48)3-18(10-23)30(49,50)51)24-11-19(31(52,53)54)4-20(12-24)32(55,56)57;17-16-7-6-14-8-9-18(12-15(14)10-16)11-13-4-2-1-3-5-13/h1-12H;1-10,12H,11H2/q-1;+1. The Morgan fingerprint density at radius 1 is 0.307 bits per heavy atom. The molecule has 0 radical (unpaired) electrons. The average Bonchev–Trinajstić information content (AvgIpc) is 3.27. The van der Waals surface area contributed by atoms with Gasteiger partial charge in [-0.1, -0.05) is 84.9 Å². The van der Waals surface area contributed by atoms with Crippen molar-refractivity contribution in [1.82, 2.24) is 0 Å². The number of rotatable bonds is 6. The zero-order valence-electron chi connectivity index (χ0n) is 36.5. The molecule has 0 unspecified atom stereocenters. The summed E-state index contributed by atoms with van der Waals surface area (Å²) in [4.78, 5) is 0. The first-order valence-electron chi connectivity index (χ1n) is 20.6. The van der Waals surface area contributed by atoms with Crippen LogP contribution in [0.2, 0.25) is 0 Å². The van der Waals surface area contributed by atoms with Crippen LogP contribution in [0.15, 0.2) is 140 Å². The maximum atomic E-state index is 14.2. The Hall–Kier alpha value is -6.96. The molecule has 0 fully saturated rings. The highest BCUT2D eigenvalue weighted by Crippen LogP contribution is 2.41. The number of hydrogen-bond donors (Lipinski definition) is 0. The highest BCUT2D eigenvalue weighted by molar-refractivity contribution is 7.20. The van der Waals surface area contributed by atoms with Crippen molar-refractivity contribution in [3.05, 3.63) is 196 Å². The molecule has 1 nitrogen and oxygen atoms in total. The van der Waals surface area contributed by atoms with Crippen molar-refractivity contribution in [2.75, 3.05) is 0 Å². The number of nitrogens with zero attached hydrogens (tertiary/aromatic N) is 1. The van der Waals surface area contributed by atoms with Crippen LogP contribution in [0.25, 0.3) is 10.8 Å². The Labute approximate surface area is 404 Å². The fraction of sp³-hybridized carbons (Fsp3) is 0.188. The van der Waals surface area contributed by atoms with Crippen LogP contribution >= 0.6 is 0 Å². The lowest BCUT2D eigenvalue weighted by Gasteiger charge is -2.46. The van der Waals surface area contributed by atoms with Gasteiger partial charge in [0.1, 0.15) is 12.0 Å². The smallest absolute Gasteiger partial charge is 0.207 e. The zero-order valence-corrected chi connectivity index (χ0v) is 36.5. The van der Waals surface area contributed by atoms with Crippen LogP contribution in [0.4, 0.5) is 110 Å². The molecule has 0 atom stereocenters. The molecule has 1 aromatic heterocycles. The second-order valence-corrected chi connectivity index (χ2v) is 16.6. The van der Waals surface area contributed by atoms with Crippen molar-refractivity contribution < 1.29 is 114 Å². The van der Waals surface area contributed by atoms with Crippen LogP contribution in [0.5, 0.6) is 0 Å². The summed E-state index contributed by atoms with van der Waals surface area (Å²) in [6.07, 6.45) is -50.8. The number of benzene rings is 6. The fourth-order valence-corrected chi connectivity index (χ4v) is 8.17. The first-order chi connectivity index (χ1) is 34.1. The molecule has 400 valence electrons. The topological polar surface area (TPSA) is 3.88 Å². The third kappa shape index (κ3) is 13.1. The van der Waals surface area contributed by atoms with Crippen LogP contribution in [0, 0.1) is 5.82 Å². The monoisotopic (exact) mass is 1100 g/mol. The van der Waals surface area contributed by atoms with E-state index < -0.39 is 195 Å². The first-order valence-corrected chi connectivity index (χ1v) is 20.6. The lowest BCUT2D eigenvalue weighted by molar-refractivity contribution is -0.687. The van der Waals surface area contributed by atoms with E-state index in [1.807, 2.05) is 36.7 Å².